The zero-order valence-electron chi connectivity index (χ0n) is 14.2. The van der Waals surface area contributed by atoms with Crippen LogP contribution in [-0.2, 0) is 4.74 Å². The molecule has 4 nitrogen and oxygen atoms in total. The van der Waals surface area contributed by atoms with Gasteiger partial charge in [-0.15, -0.1) is 0 Å². The highest BCUT2D eigenvalue weighted by Gasteiger charge is 2.29. The number of fused-ring (bicyclic) bond motifs is 3. The number of carbonyl (C=O) groups excluding carboxylic acids is 1. The second kappa shape index (κ2) is 7.05. The minimum Gasteiger partial charge on any atom is -0.449 e. The predicted molar refractivity (Wildman–Crippen MR) is 95.6 cm³/mol. The molecule has 1 aliphatic carbocycles. The number of hydrogen-bond acceptors (Lipinski definition) is 3. The van der Waals surface area contributed by atoms with Crippen LogP contribution in [0.2, 0.25) is 0 Å². The van der Waals surface area contributed by atoms with Gasteiger partial charge in [-0.1, -0.05) is 62.4 Å². The Balaban J connectivity index is 1.68. The molecular weight excluding hydrogens is 300 g/mol. The number of benzene rings is 2. The number of rotatable bonds is 5. The first-order valence-electron chi connectivity index (χ1n) is 8.43. The van der Waals surface area contributed by atoms with Gasteiger partial charge in [0.05, 0.1) is 6.17 Å². The van der Waals surface area contributed by atoms with Crippen LogP contribution in [-0.4, -0.2) is 18.9 Å². The van der Waals surface area contributed by atoms with Crippen molar-refractivity contribution >= 4 is 6.09 Å². The largest absolute Gasteiger partial charge is 0.449 e. The van der Waals surface area contributed by atoms with Crippen molar-refractivity contribution in [1.29, 1.82) is 0 Å². The van der Waals surface area contributed by atoms with Crippen molar-refractivity contribution in [3.63, 3.8) is 0 Å². The van der Waals surface area contributed by atoms with Crippen LogP contribution in [0.1, 0.15) is 37.3 Å². The molecule has 3 N–H and O–H groups in total. The Morgan fingerprint density at radius 2 is 1.62 bits per heavy atom. The number of ether oxygens (including phenoxy) is 1. The summed E-state index contributed by atoms with van der Waals surface area (Å²) in [5, 5.41) is 2.70. The second-order valence-corrected chi connectivity index (χ2v) is 6.71. The second-order valence-electron chi connectivity index (χ2n) is 6.71. The first-order valence-corrected chi connectivity index (χ1v) is 8.43. The standard InChI is InChI=1S/C20H24N2O2/c1-13(2)11-19(21)22-20(23)24-12-18-16-9-5-3-7-14(16)15-8-4-6-10-17(15)18/h3-10,13,18-19H,11-12,21H2,1-2H3,(H,22,23)/t19-/m0/s1. The Bertz CT molecular complexity index is 682. The minimum absolute atomic E-state index is 0.0736. The summed E-state index contributed by atoms with van der Waals surface area (Å²) in [6.45, 7) is 4.45. The van der Waals surface area contributed by atoms with Crippen molar-refractivity contribution in [2.24, 2.45) is 11.7 Å². The van der Waals surface area contributed by atoms with E-state index in [2.05, 4.69) is 43.4 Å². The maximum absolute atomic E-state index is 12.0. The summed E-state index contributed by atoms with van der Waals surface area (Å²) in [6.07, 6.45) is -0.102. The molecule has 1 aliphatic rings. The zero-order chi connectivity index (χ0) is 17.1. The highest BCUT2D eigenvalue weighted by Crippen LogP contribution is 2.44. The third-order valence-corrected chi connectivity index (χ3v) is 4.37. The van der Waals surface area contributed by atoms with E-state index >= 15 is 0 Å². The molecule has 2 aromatic carbocycles. The number of nitrogens with one attached hydrogen (secondary N) is 1. The third-order valence-electron chi connectivity index (χ3n) is 4.37. The van der Waals surface area contributed by atoms with Gasteiger partial charge in [0.15, 0.2) is 0 Å². The van der Waals surface area contributed by atoms with E-state index in [1.165, 1.54) is 22.3 Å². The molecule has 3 rings (SSSR count). The fourth-order valence-corrected chi connectivity index (χ4v) is 3.36. The fourth-order valence-electron chi connectivity index (χ4n) is 3.36. The van der Waals surface area contributed by atoms with E-state index in [0.29, 0.717) is 12.5 Å². The molecule has 2 aromatic rings. The molecule has 0 saturated carbocycles. The van der Waals surface area contributed by atoms with E-state index in [1.54, 1.807) is 0 Å². The molecule has 0 heterocycles. The average molecular weight is 324 g/mol. The van der Waals surface area contributed by atoms with E-state index in [9.17, 15) is 4.79 Å². The molecule has 1 amide bonds. The summed E-state index contributed by atoms with van der Waals surface area (Å²) in [7, 11) is 0. The highest BCUT2D eigenvalue weighted by atomic mass is 16.5. The third kappa shape index (κ3) is 3.44. The van der Waals surface area contributed by atoms with Gasteiger partial charge in [0.2, 0.25) is 0 Å². The molecule has 0 unspecified atom stereocenters. The van der Waals surface area contributed by atoms with Crippen LogP contribution in [0.15, 0.2) is 48.5 Å². The van der Waals surface area contributed by atoms with E-state index in [4.69, 9.17) is 10.5 Å². The van der Waals surface area contributed by atoms with Gasteiger partial charge in [-0.25, -0.2) is 4.79 Å². The summed E-state index contributed by atoms with van der Waals surface area (Å²) < 4.78 is 5.46. The summed E-state index contributed by atoms with van der Waals surface area (Å²) in [5.41, 5.74) is 10.8. The van der Waals surface area contributed by atoms with Crippen molar-refractivity contribution in [2.75, 3.05) is 6.61 Å². The molecule has 0 radical (unpaired) electrons. The summed E-state index contributed by atoms with van der Waals surface area (Å²) >= 11 is 0. The van der Waals surface area contributed by atoms with Crippen molar-refractivity contribution in [2.45, 2.75) is 32.4 Å². The van der Waals surface area contributed by atoms with Gasteiger partial charge in [0.1, 0.15) is 6.61 Å². The molecule has 1 atom stereocenters. The van der Waals surface area contributed by atoms with Crippen molar-refractivity contribution < 1.29 is 9.53 Å². The van der Waals surface area contributed by atoms with E-state index in [0.717, 1.165) is 6.42 Å². The number of nitrogens with two attached hydrogens (primary N) is 1. The smallest absolute Gasteiger partial charge is 0.408 e. The van der Waals surface area contributed by atoms with Gasteiger partial charge in [-0.2, -0.15) is 0 Å². The average Bonchev–Trinajstić information content (AvgIpc) is 2.86. The SMILES string of the molecule is CC(C)C[C@@H](N)NC(=O)OCC1c2ccccc2-c2ccccc21. The van der Waals surface area contributed by atoms with Crippen LogP contribution in [0, 0.1) is 5.92 Å². The summed E-state index contributed by atoms with van der Waals surface area (Å²) in [5.74, 6) is 0.498. The fraction of sp³-hybridized carbons (Fsp3) is 0.350. The number of amides is 1. The molecule has 4 heteroatoms. The van der Waals surface area contributed by atoms with Crippen molar-refractivity contribution in [3.8, 4) is 11.1 Å². The maximum Gasteiger partial charge on any atom is 0.408 e. The Hall–Kier alpha value is -2.33. The minimum atomic E-state index is -0.454. The summed E-state index contributed by atoms with van der Waals surface area (Å²) in [6, 6.07) is 16.6. The van der Waals surface area contributed by atoms with Crippen molar-refractivity contribution in [1.82, 2.24) is 5.32 Å². The van der Waals surface area contributed by atoms with Crippen LogP contribution in [0.4, 0.5) is 4.79 Å². The quantitative estimate of drug-likeness (QED) is 0.821. The number of alkyl carbamates (subject to hydrolysis) is 1. The monoisotopic (exact) mass is 324 g/mol. The van der Waals surface area contributed by atoms with Gasteiger partial charge < -0.3 is 15.8 Å². The molecule has 0 bridgehead atoms. The molecular formula is C20H24N2O2. The lowest BCUT2D eigenvalue weighted by Crippen LogP contribution is -2.42. The first-order chi connectivity index (χ1) is 11.6. The van der Waals surface area contributed by atoms with Crippen LogP contribution in [0.25, 0.3) is 11.1 Å². The van der Waals surface area contributed by atoms with E-state index in [1.807, 2.05) is 24.3 Å². The van der Waals surface area contributed by atoms with Gasteiger partial charge >= 0.3 is 6.09 Å². The van der Waals surface area contributed by atoms with Crippen LogP contribution >= 0.6 is 0 Å². The van der Waals surface area contributed by atoms with Gasteiger partial charge in [0.25, 0.3) is 0 Å². The zero-order valence-corrected chi connectivity index (χ0v) is 14.2. The first kappa shape index (κ1) is 16.5. The molecule has 0 spiro atoms. The Morgan fingerprint density at radius 3 is 2.17 bits per heavy atom. The van der Waals surface area contributed by atoms with Gasteiger partial charge in [-0.3, -0.25) is 0 Å². The van der Waals surface area contributed by atoms with Crippen LogP contribution in [0.3, 0.4) is 0 Å². The lowest BCUT2D eigenvalue weighted by atomic mass is 9.98. The van der Waals surface area contributed by atoms with Gasteiger partial charge in [-0.05, 0) is 34.6 Å². The van der Waals surface area contributed by atoms with Crippen molar-refractivity contribution in [3.05, 3.63) is 59.7 Å². The van der Waals surface area contributed by atoms with E-state index < -0.39 is 6.09 Å². The Morgan fingerprint density at radius 1 is 1.08 bits per heavy atom. The molecule has 0 aliphatic heterocycles. The predicted octanol–water partition coefficient (Wildman–Crippen LogP) is 3.86. The lowest BCUT2D eigenvalue weighted by molar-refractivity contribution is 0.138. The molecule has 0 saturated heterocycles. The van der Waals surface area contributed by atoms with Gasteiger partial charge in [0, 0.05) is 5.92 Å². The van der Waals surface area contributed by atoms with E-state index in [-0.39, 0.29) is 12.1 Å². The molecule has 126 valence electrons. The summed E-state index contributed by atoms with van der Waals surface area (Å²) in [4.78, 5) is 12.0. The maximum atomic E-state index is 12.0. The number of carbonyl (C=O) groups is 1. The van der Waals surface area contributed by atoms with Crippen LogP contribution in [0.5, 0.6) is 0 Å². The molecule has 0 fully saturated rings. The lowest BCUT2D eigenvalue weighted by Gasteiger charge is -2.18. The number of hydrogen-bond donors (Lipinski definition) is 2. The van der Waals surface area contributed by atoms with Crippen LogP contribution < -0.4 is 11.1 Å². The topological polar surface area (TPSA) is 64.3 Å². The highest BCUT2D eigenvalue weighted by molar-refractivity contribution is 5.79. The molecule has 0 aromatic heterocycles. The normalized spacial score (nSPS) is 14.2. The molecule has 24 heavy (non-hydrogen) atoms. The Kier molecular flexibility index (Phi) is 4.86. The Labute approximate surface area is 143 Å².